The van der Waals surface area contributed by atoms with Gasteiger partial charge in [-0.05, 0) is 23.3 Å². The SMILES string of the molecule is O=S(=O)(O)c1cccc(-c2ccccc2)c1S(=O)(=O)Oc1ccccc1C=Cc1ccccc1. The van der Waals surface area contributed by atoms with Gasteiger partial charge in [-0.25, -0.2) is 0 Å². The predicted octanol–water partition coefficient (Wildman–Crippen LogP) is 5.54. The lowest BCUT2D eigenvalue weighted by atomic mass is 10.1. The highest BCUT2D eigenvalue weighted by Crippen LogP contribution is 2.35. The third kappa shape index (κ3) is 5.26. The van der Waals surface area contributed by atoms with Crippen molar-refractivity contribution in [3.63, 3.8) is 0 Å². The second-order valence-corrected chi connectivity index (χ2v) is 10.2. The second-order valence-electron chi connectivity index (χ2n) is 7.29. The van der Waals surface area contributed by atoms with Gasteiger partial charge >= 0.3 is 10.1 Å². The molecule has 0 heterocycles. The summed E-state index contributed by atoms with van der Waals surface area (Å²) in [5.74, 6) is 0.0128. The minimum absolute atomic E-state index is 0.0128. The minimum Gasteiger partial charge on any atom is -0.378 e. The van der Waals surface area contributed by atoms with Crippen molar-refractivity contribution in [2.24, 2.45) is 0 Å². The standard InChI is InChI=1S/C26H20O6S2/c27-33(28,29)25-17-9-15-23(21-12-5-2-6-13-21)26(25)34(30,31)32-24-16-8-7-14-22(24)19-18-20-10-3-1-4-11-20/h1-19H,(H,27,28,29). The molecular formula is C26H20O6S2. The summed E-state index contributed by atoms with van der Waals surface area (Å²) in [5, 5.41) is 0. The van der Waals surface area contributed by atoms with E-state index in [1.165, 1.54) is 18.2 Å². The molecule has 0 saturated heterocycles. The summed E-state index contributed by atoms with van der Waals surface area (Å²) in [6.45, 7) is 0. The van der Waals surface area contributed by atoms with Gasteiger partial charge in [0.05, 0.1) is 0 Å². The van der Waals surface area contributed by atoms with Crippen LogP contribution in [0.2, 0.25) is 0 Å². The fourth-order valence-corrected chi connectivity index (χ4v) is 5.88. The minimum atomic E-state index is -4.87. The molecule has 34 heavy (non-hydrogen) atoms. The zero-order valence-electron chi connectivity index (χ0n) is 17.8. The molecule has 0 saturated carbocycles. The van der Waals surface area contributed by atoms with Crippen molar-refractivity contribution < 1.29 is 25.6 Å². The smallest absolute Gasteiger partial charge is 0.341 e. The van der Waals surface area contributed by atoms with E-state index in [0.717, 1.165) is 11.6 Å². The molecule has 0 radical (unpaired) electrons. The zero-order valence-corrected chi connectivity index (χ0v) is 19.4. The summed E-state index contributed by atoms with van der Waals surface area (Å²) in [4.78, 5) is -1.39. The summed E-state index contributed by atoms with van der Waals surface area (Å²) in [6, 6.07) is 28.2. The van der Waals surface area contributed by atoms with E-state index in [9.17, 15) is 21.4 Å². The topological polar surface area (TPSA) is 97.7 Å². The average Bonchev–Trinajstić information content (AvgIpc) is 2.83. The maximum atomic E-state index is 13.5. The summed E-state index contributed by atoms with van der Waals surface area (Å²) in [7, 11) is -9.55. The van der Waals surface area contributed by atoms with Crippen molar-refractivity contribution in [3.05, 3.63) is 114 Å². The average molecular weight is 493 g/mol. The molecule has 0 aliphatic rings. The van der Waals surface area contributed by atoms with Crippen molar-refractivity contribution in [1.29, 1.82) is 0 Å². The van der Waals surface area contributed by atoms with Crippen LogP contribution in [-0.4, -0.2) is 21.4 Å². The van der Waals surface area contributed by atoms with Gasteiger partial charge in [-0.2, -0.15) is 16.8 Å². The van der Waals surface area contributed by atoms with E-state index in [-0.39, 0.29) is 11.3 Å². The molecule has 8 heteroatoms. The lowest BCUT2D eigenvalue weighted by Gasteiger charge is -2.15. The third-order valence-corrected chi connectivity index (χ3v) is 7.33. The molecule has 0 bridgehead atoms. The normalized spacial score (nSPS) is 12.0. The lowest BCUT2D eigenvalue weighted by Crippen LogP contribution is -2.16. The molecule has 0 atom stereocenters. The predicted molar refractivity (Wildman–Crippen MR) is 131 cm³/mol. The van der Waals surface area contributed by atoms with Crippen molar-refractivity contribution in [2.45, 2.75) is 9.79 Å². The van der Waals surface area contributed by atoms with E-state index >= 15 is 0 Å². The first kappa shape index (κ1) is 23.4. The van der Waals surface area contributed by atoms with Crippen LogP contribution in [-0.2, 0) is 20.2 Å². The molecule has 0 amide bonds. The number of para-hydroxylation sites is 1. The van der Waals surface area contributed by atoms with Gasteiger partial charge in [-0.3, -0.25) is 4.55 Å². The Kier molecular flexibility index (Phi) is 6.65. The molecule has 0 fully saturated rings. The Labute approximate surface area is 198 Å². The van der Waals surface area contributed by atoms with E-state index in [0.29, 0.717) is 11.1 Å². The van der Waals surface area contributed by atoms with E-state index < -0.39 is 30.0 Å². The Bertz CT molecular complexity index is 1540. The Morgan fingerprint density at radius 2 is 1.26 bits per heavy atom. The van der Waals surface area contributed by atoms with Crippen LogP contribution in [0.25, 0.3) is 23.3 Å². The second kappa shape index (κ2) is 9.64. The van der Waals surface area contributed by atoms with Crippen LogP contribution in [0.5, 0.6) is 5.75 Å². The van der Waals surface area contributed by atoms with E-state index in [4.69, 9.17) is 4.18 Å². The van der Waals surface area contributed by atoms with Gasteiger partial charge in [0, 0.05) is 11.1 Å². The van der Waals surface area contributed by atoms with Crippen LogP contribution < -0.4 is 4.18 Å². The maximum absolute atomic E-state index is 13.5. The van der Waals surface area contributed by atoms with Crippen molar-refractivity contribution in [1.82, 2.24) is 0 Å². The summed E-state index contributed by atoms with van der Waals surface area (Å²) in [5.41, 5.74) is 1.92. The number of hydrogen-bond acceptors (Lipinski definition) is 5. The van der Waals surface area contributed by atoms with Gasteiger partial charge in [0.15, 0.2) is 0 Å². The summed E-state index contributed by atoms with van der Waals surface area (Å²) < 4.78 is 66.3. The van der Waals surface area contributed by atoms with E-state index in [1.54, 1.807) is 60.7 Å². The molecule has 0 unspecified atom stereocenters. The largest absolute Gasteiger partial charge is 0.378 e. The van der Waals surface area contributed by atoms with Gasteiger partial charge < -0.3 is 4.18 Å². The monoisotopic (exact) mass is 492 g/mol. The molecule has 1 N–H and O–H groups in total. The quantitative estimate of drug-likeness (QED) is 0.207. The van der Waals surface area contributed by atoms with Crippen molar-refractivity contribution >= 4 is 32.4 Å². The fourth-order valence-electron chi connectivity index (χ4n) is 3.43. The molecule has 4 aromatic rings. The first-order valence-corrected chi connectivity index (χ1v) is 13.0. The molecule has 6 nitrogen and oxygen atoms in total. The van der Waals surface area contributed by atoms with Crippen LogP contribution in [0.1, 0.15) is 11.1 Å². The van der Waals surface area contributed by atoms with Gasteiger partial charge in [-0.15, -0.1) is 0 Å². The van der Waals surface area contributed by atoms with Crippen LogP contribution in [0.15, 0.2) is 113 Å². The molecule has 0 aliphatic heterocycles. The van der Waals surface area contributed by atoms with Gasteiger partial charge in [0.25, 0.3) is 10.1 Å². The molecule has 4 aromatic carbocycles. The third-order valence-electron chi connectivity index (χ3n) is 4.97. The van der Waals surface area contributed by atoms with Crippen LogP contribution in [0.4, 0.5) is 0 Å². The van der Waals surface area contributed by atoms with Crippen LogP contribution in [0, 0.1) is 0 Å². The zero-order chi connectivity index (χ0) is 24.2. The number of hydrogen-bond donors (Lipinski definition) is 1. The highest BCUT2D eigenvalue weighted by atomic mass is 32.2. The van der Waals surface area contributed by atoms with Crippen molar-refractivity contribution in [2.75, 3.05) is 0 Å². The fraction of sp³-hybridized carbons (Fsp3) is 0. The van der Waals surface area contributed by atoms with E-state index in [1.807, 2.05) is 30.3 Å². The molecule has 0 spiro atoms. The molecule has 172 valence electrons. The Hall–Kier alpha value is -3.72. The highest BCUT2D eigenvalue weighted by molar-refractivity contribution is 7.89. The first-order valence-electron chi connectivity index (χ1n) is 10.2. The van der Waals surface area contributed by atoms with E-state index in [2.05, 4.69) is 0 Å². The van der Waals surface area contributed by atoms with Gasteiger partial charge in [-0.1, -0.05) is 103 Å². The first-order chi connectivity index (χ1) is 16.3. The summed E-state index contributed by atoms with van der Waals surface area (Å²) in [6.07, 6.45) is 3.50. The molecular weight excluding hydrogens is 472 g/mol. The van der Waals surface area contributed by atoms with Crippen LogP contribution in [0.3, 0.4) is 0 Å². The highest BCUT2D eigenvalue weighted by Gasteiger charge is 2.31. The Morgan fingerprint density at radius 1 is 0.647 bits per heavy atom. The molecule has 4 rings (SSSR count). The Balaban J connectivity index is 1.82. The summed E-state index contributed by atoms with van der Waals surface area (Å²) >= 11 is 0. The number of rotatable bonds is 7. The lowest BCUT2D eigenvalue weighted by molar-refractivity contribution is 0.468. The maximum Gasteiger partial charge on any atom is 0.341 e. The number of benzene rings is 4. The Morgan fingerprint density at radius 3 is 1.94 bits per heavy atom. The molecule has 0 aromatic heterocycles. The van der Waals surface area contributed by atoms with Gasteiger partial charge in [0.1, 0.15) is 15.5 Å². The van der Waals surface area contributed by atoms with Crippen LogP contribution >= 0.6 is 0 Å². The van der Waals surface area contributed by atoms with Crippen molar-refractivity contribution in [3.8, 4) is 16.9 Å². The van der Waals surface area contributed by atoms with Gasteiger partial charge in [0.2, 0.25) is 0 Å². The molecule has 0 aliphatic carbocycles.